The smallest absolute Gasteiger partial charge is 0.252 e. The molecule has 0 spiro atoms. The zero-order chi connectivity index (χ0) is 21.0. The first-order chi connectivity index (χ1) is 13.8. The van der Waals surface area contributed by atoms with Gasteiger partial charge >= 0.3 is 0 Å². The number of piperazine rings is 1. The zero-order valence-electron chi connectivity index (χ0n) is 16.6. The lowest BCUT2D eigenvalue weighted by Crippen LogP contribution is -2.55. The molecule has 0 radical (unpaired) electrons. The first kappa shape index (κ1) is 22.2. The van der Waals surface area contributed by atoms with Gasteiger partial charge in [0.15, 0.2) is 0 Å². The molecule has 1 unspecified atom stereocenters. The van der Waals surface area contributed by atoms with Gasteiger partial charge in [0.1, 0.15) is 4.21 Å². The molecule has 0 N–H and O–H groups in total. The predicted octanol–water partition coefficient (Wildman–Crippen LogP) is 3.15. The van der Waals surface area contributed by atoms with E-state index in [4.69, 9.17) is 11.6 Å². The highest BCUT2D eigenvalue weighted by atomic mass is 35.5. The van der Waals surface area contributed by atoms with Crippen molar-refractivity contribution in [1.29, 1.82) is 0 Å². The number of amides is 1. The minimum Gasteiger partial charge on any atom is -0.337 e. The van der Waals surface area contributed by atoms with Crippen molar-refractivity contribution in [3.63, 3.8) is 0 Å². The second kappa shape index (κ2) is 9.57. The molecule has 1 atom stereocenters. The molecule has 29 heavy (non-hydrogen) atoms. The lowest BCUT2D eigenvalue weighted by molar-refractivity contribution is -0.137. The van der Waals surface area contributed by atoms with Crippen LogP contribution in [0.2, 0.25) is 4.34 Å². The number of sulfonamides is 1. The van der Waals surface area contributed by atoms with Gasteiger partial charge in [0.25, 0.3) is 10.0 Å². The standard InChI is InChI=1S/C20H26ClN3O3S2/c1-3-22(15-17-7-5-4-6-8-17)20(25)16(2)23-11-13-24(14-12-23)29(26,27)19-10-9-18(21)28-19/h4-10,16H,3,11-15H2,1-2H3. The molecule has 158 valence electrons. The minimum atomic E-state index is -3.53. The molecule has 3 rings (SSSR count). The van der Waals surface area contributed by atoms with Crippen LogP contribution in [0.1, 0.15) is 19.4 Å². The third kappa shape index (κ3) is 5.19. The van der Waals surface area contributed by atoms with E-state index in [1.807, 2.05) is 49.1 Å². The van der Waals surface area contributed by atoms with E-state index in [1.54, 1.807) is 12.1 Å². The number of carbonyl (C=O) groups is 1. The topological polar surface area (TPSA) is 60.9 Å². The van der Waals surface area contributed by atoms with E-state index in [0.29, 0.717) is 43.6 Å². The van der Waals surface area contributed by atoms with Crippen molar-refractivity contribution in [3.05, 3.63) is 52.4 Å². The molecule has 1 aliphatic rings. The molecule has 6 nitrogen and oxygen atoms in total. The Morgan fingerprint density at radius 2 is 1.79 bits per heavy atom. The van der Waals surface area contributed by atoms with Crippen molar-refractivity contribution in [2.24, 2.45) is 0 Å². The van der Waals surface area contributed by atoms with E-state index in [9.17, 15) is 13.2 Å². The zero-order valence-corrected chi connectivity index (χ0v) is 19.0. The number of nitrogens with zero attached hydrogens (tertiary/aromatic N) is 3. The molecular weight excluding hydrogens is 430 g/mol. The van der Waals surface area contributed by atoms with Gasteiger partial charge in [-0.05, 0) is 31.5 Å². The molecule has 1 amide bonds. The second-order valence-corrected chi connectivity index (χ2v) is 10.9. The fraction of sp³-hybridized carbons (Fsp3) is 0.450. The van der Waals surface area contributed by atoms with Crippen LogP contribution < -0.4 is 0 Å². The van der Waals surface area contributed by atoms with Crippen LogP contribution in [0, 0.1) is 0 Å². The molecule has 2 heterocycles. The summed E-state index contributed by atoms with van der Waals surface area (Å²) in [5.74, 6) is 0.0673. The highest BCUT2D eigenvalue weighted by Gasteiger charge is 2.33. The average molecular weight is 456 g/mol. The van der Waals surface area contributed by atoms with Crippen molar-refractivity contribution in [3.8, 4) is 0 Å². The van der Waals surface area contributed by atoms with E-state index in [2.05, 4.69) is 4.90 Å². The van der Waals surface area contributed by atoms with Crippen molar-refractivity contribution < 1.29 is 13.2 Å². The number of likely N-dealkylation sites (N-methyl/N-ethyl adjacent to an activating group) is 1. The maximum atomic E-state index is 13.0. The van der Waals surface area contributed by atoms with Crippen LogP contribution in [0.3, 0.4) is 0 Å². The van der Waals surface area contributed by atoms with Gasteiger partial charge in [-0.1, -0.05) is 41.9 Å². The summed E-state index contributed by atoms with van der Waals surface area (Å²) < 4.78 is 27.7. The van der Waals surface area contributed by atoms with Crippen LogP contribution in [-0.4, -0.2) is 67.2 Å². The summed E-state index contributed by atoms with van der Waals surface area (Å²) in [5, 5.41) is 0. The molecule has 1 aliphatic heterocycles. The van der Waals surface area contributed by atoms with E-state index >= 15 is 0 Å². The van der Waals surface area contributed by atoms with Crippen LogP contribution in [-0.2, 0) is 21.4 Å². The lowest BCUT2D eigenvalue weighted by Gasteiger charge is -2.38. The number of carbonyl (C=O) groups excluding carboxylic acids is 1. The minimum absolute atomic E-state index is 0.0673. The Labute approximate surface area is 181 Å². The van der Waals surface area contributed by atoms with Gasteiger partial charge in [-0.15, -0.1) is 11.3 Å². The molecular formula is C20H26ClN3O3S2. The van der Waals surface area contributed by atoms with Gasteiger partial charge in [-0.25, -0.2) is 8.42 Å². The van der Waals surface area contributed by atoms with E-state index in [1.165, 1.54) is 4.31 Å². The Kier molecular flexibility index (Phi) is 7.34. The largest absolute Gasteiger partial charge is 0.337 e. The fourth-order valence-electron chi connectivity index (χ4n) is 3.46. The Hall–Kier alpha value is -1.45. The molecule has 1 aromatic heterocycles. The maximum Gasteiger partial charge on any atom is 0.252 e. The van der Waals surface area contributed by atoms with Crippen molar-refractivity contribution in [2.45, 2.75) is 30.6 Å². The summed E-state index contributed by atoms with van der Waals surface area (Å²) in [7, 11) is -3.53. The monoisotopic (exact) mass is 455 g/mol. The third-order valence-corrected chi connectivity index (χ3v) is 8.83. The fourth-order valence-corrected chi connectivity index (χ4v) is 6.52. The van der Waals surface area contributed by atoms with E-state index < -0.39 is 10.0 Å². The van der Waals surface area contributed by atoms with E-state index in [0.717, 1.165) is 16.9 Å². The van der Waals surface area contributed by atoms with Gasteiger partial charge in [0.2, 0.25) is 5.91 Å². The van der Waals surface area contributed by atoms with Crippen molar-refractivity contribution in [1.82, 2.24) is 14.1 Å². The Morgan fingerprint density at radius 1 is 1.14 bits per heavy atom. The summed E-state index contributed by atoms with van der Waals surface area (Å²) in [6, 6.07) is 12.8. The Bertz CT molecular complexity index is 925. The quantitative estimate of drug-likeness (QED) is 0.643. The first-order valence-electron chi connectivity index (χ1n) is 9.65. The summed E-state index contributed by atoms with van der Waals surface area (Å²) in [5.41, 5.74) is 1.10. The van der Waals surface area contributed by atoms with Crippen molar-refractivity contribution >= 4 is 38.9 Å². The predicted molar refractivity (Wildman–Crippen MR) is 117 cm³/mol. The summed E-state index contributed by atoms with van der Waals surface area (Å²) >= 11 is 6.96. The average Bonchev–Trinajstić information content (AvgIpc) is 3.19. The SMILES string of the molecule is CCN(Cc1ccccc1)C(=O)C(C)N1CCN(S(=O)(=O)c2ccc(Cl)s2)CC1. The Morgan fingerprint density at radius 3 is 2.34 bits per heavy atom. The molecule has 1 aromatic carbocycles. The summed E-state index contributed by atoms with van der Waals surface area (Å²) in [4.78, 5) is 16.9. The lowest BCUT2D eigenvalue weighted by atomic mass is 10.1. The molecule has 0 bridgehead atoms. The van der Waals surface area contributed by atoms with Gasteiger partial charge in [-0.2, -0.15) is 4.31 Å². The molecule has 2 aromatic rings. The molecule has 9 heteroatoms. The van der Waals surface area contributed by atoms with Crippen molar-refractivity contribution in [2.75, 3.05) is 32.7 Å². The van der Waals surface area contributed by atoms with Gasteiger partial charge in [-0.3, -0.25) is 9.69 Å². The molecule has 1 saturated heterocycles. The van der Waals surface area contributed by atoms with E-state index in [-0.39, 0.29) is 16.2 Å². The number of halogens is 1. The number of hydrogen-bond donors (Lipinski definition) is 0. The number of thiophene rings is 1. The number of rotatable bonds is 7. The normalized spacial score (nSPS) is 17.2. The molecule has 0 saturated carbocycles. The molecule has 1 fully saturated rings. The Balaban J connectivity index is 1.60. The third-order valence-electron chi connectivity index (χ3n) is 5.23. The second-order valence-electron chi connectivity index (χ2n) is 7.01. The number of hydrogen-bond acceptors (Lipinski definition) is 5. The van der Waals surface area contributed by atoms with Gasteiger partial charge in [0.05, 0.1) is 10.4 Å². The maximum absolute atomic E-state index is 13.0. The van der Waals surface area contributed by atoms with Crippen LogP contribution in [0.25, 0.3) is 0 Å². The van der Waals surface area contributed by atoms with Crippen LogP contribution in [0.5, 0.6) is 0 Å². The first-order valence-corrected chi connectivity index (χ1v) is 12.3. The number of benzene rings is 1. The summed E-state index contributed by atoms with van der Waals surface area (Å²) in [6.45, 7) is 6.85. The summed E-state index contributed by atoms with van der Waals surface area (Å²) in [6.07, 6.45) is 0. The molecule has 0 aliphatic carbocycles. The van der Waals surface area contributed by atoms with Crippen LogP contribution >= 0.6 is 22.9 Å². The van der Waals surface area contributed by atoms with Crippen LogP contribution in [0.4, 0.5) is 0 Å². The highest BCUT2D eigenvalue weighted by Crippen LogP contribution is 2.28. The van der Waals surface area contributed by atoms with Crippen LogP contribution in [0.15, 0.2) is 46.7 Å². The van der Waals surface area contributed by atoms with Gasteiger partial charge < -0.3 is 4.90 Å². The highest BCUT2D eigenvalue weighted by molar-refractivity contribution is 7.91. The van der Waals surface area contributed by atoms with Gasteiger partial charge in [0, 0.05) is 39.3 Å².